The molecule has 0 bridgehead atoms. The Hall–Kier alpha value is -2.39. The number of hydrogen-bond donors (Lipinski definition) is 1. The van der Waals surface area contributed by atoms with Gasteiger partial charge in [-0.3, -0.25) is 9.59 Å². The molecular formula is C20H18ClNO2. The van der Waals surface area contributed by atoms with E-state index < -0.39 is 10.9 Å². The molecule has 0 heterocycles. The van der Waals surface area contributed by atoms with Crippen molar-refractivity contribution >= 4 is 23.0 Å². The molecule has 3 aromatic carbocycles. The lowest BCUT2D eigenvalue weighted by Gasteiger charge is -2.15. The third-order valence-corrected chi connectivity index (χ3v) is 4.62. The predicted octanol–water partition coefficient (Wildman–Crippen LogP) is 4.78. The van der Waals surface area contributed by atoms with Crippen molar-refractivity contribution in [2.45, 2.75) is 26.7 Å². The highest BCUT2D eigenvalue weighted by Gasteiger charge is 2.22. The lowest BCUT2D eigenvalue weighted by molar-refractivity contribution is 0.867. The van der Waals surface area contributed by atoms with Crippen molar-refractivity contribution < 1.29 is 0 Å². The zero-order valence-corrected chi connectivity index (χ0v) is 14.6. The lowest BCUT2D eigenvalue weighted by atomic mass is 9.95. The predicted molar refractivity (Wildman–Crippen MR) is 100 cm³/mol. The molecule has 0 spiro atoms. The summed E-state index contributed by atoms with van der Waals surface area (Å²) in [6, 6.07) is 13.2. The number of anilines is 2. The minimum absolute atomic E-state index is 0.331. The first-order valence-corrected chi connectivity index (χ1v) is 8.23. The van der Waals surface area contributed by atoms with Crippen molar-refractivity contribution in [3.05, 3.63) is 79.1 Å². The smallest absolute Gasteiger partial charge is 0.250 e. The maximum Gasteiger partial charge on any atom is 0.250 e. The SMILES string of the molecule is Cc1ccc(Nc2c(-c3ccc(C(C)C)cc3)c(=O)c2=O)cc1Cl. The van der Waals surface area contributed by atoms with E-state index in [2.05, 4.69) is 19.2 Å². The van der Waals surface area contributed by atoms with Crippen LogP contribution in [0.2, 0.25) is 5.02 Å². The van der Waals surface area contributed by atoms with Crippen LogP contribution in [0.5, 0.6) is 0 Å². The number of benzene rings is 2. The molecule has 3 nitrogen and oxygen atoms in total. The van der Waals surface area contributed by atoms with Crippen molar-refractivity contribution in [1.82, 2.24) is 0 Å². The van der Waals surface area contributed by atoms with Gasteiger partial charge in [0, 0.05) is 10.7 Å². The standard InChI is InChI=1S/C20H18ClNO2/c1-11(2)13-5-7-14(8-6-13)17-18(20(24)19(17)23)22-15-9-4-12(3)16(21)10-15/h4-11,22H,1-3H3. The van der Waals surface area contributed by atoms with Gasteiger partial charge in [0.2, 0.25) is 5.43 Å². The van der Waals surface area contributed by atoms with Crippen molar-refractivity contribution in [2.24, 2.45) is 0 Å². The van der Waals surface area contributed by atoms with Crippen LogP contribution >= 0.6 is 11.6 Å². The van der Waals surface area contributed by atoms with Crippen LogP contribution < -0.4 is 16.2 Å². The summed E-state index contributed by atoms with van der Waals surface area (Å²) >= 11 is 6.12. The van der Waals surface area contributed by atoms with E-state index in [4.69, 9.17) is 11.6 Å². The molecule has 1 N–H and O–H groups in total. The van der Waals surface area contributed by atoms with E-state index in [9.17, 15) is 9.59 Å². The van der Waals surface area contributed by atoms with Gasteiger partial charge in [0.15, 0.2) is 0 Å². The Labute approximate surface area is 145 Å². The van der Waals surface area contributed by atoms with Gasteiger partial charge < -0.3 is 5.32 Å². The Bertz CT molecular complexity index is 964. The molecular weight excluding hydrogens is 322 g/mol. The molecule has 0 aromatic heterocycles. The zero-order chi connectivity index (χ0) is 17.4. The van der Waals surface area contributed by atoms with Crippen LogP contribution in [-0.2, 0) is 0 Å². The highest BCUT2D eigenvalue weighted by Crippen LogP contribution is 2.29. The normalized spacial score (nSPS) is 11.2. The maximum atomic E-state index is 12.0. The maximum absolute atomic E-state index is 12.0. The van der Waals surface area contributed by atoms with E-state index in [0.717, 1.165) is 11.1 Å². The second-order valence-electron chi connectivity index (χ2n) is 6.27. The molecule has 0 radical (unpaired) electrons. The van der Waals surface area contributed by atoms with Crippen LogP contribution in [0, 0.1) is 6.92 Å². The summed E-state index contributed by atoms with van der Waals surface area (Å²) in [5, 5.41) is 3.65. The topological polar surface area (TPSA) is 46.2 Å². The van der Waals surface area contributed by atoms with Crippen molar-refractivity contribution in [3.63, 3.8) is 0 Å². The molecule has 3 rings (SSSR count). The van der Waals surface area contributed by atoms with Crippen molar-refractivity contribution in [1.29, 1.82) is 0 Å². The molecule has 0 atom stereocenters. The zero-order valence-electron chi connectivity index (χ0n) is 13.8. The average molecular weight is 340 g/mol. The molecule has 0 aliphatic carbocycles. The Morgan fingerprint density at radius 3 is 2.21 bits per heavy atom. The van der Waals surface area contributed by atoms with Crippen LogP contribution in [0.1, 0.15) is 30.9 Å². The van der Waals surface area contributed by atoms with Crippen LogP contribution in [0.15, 0.2) is 52.1 Å². The summed E-state index contributed by atoms with van der Waals surface area (Å²) in [7, 11) is 0. The third kappa shape index (κ3) is 2.87. The summed E-state index contributed by atoms with van der Waals surface area (Å²) in [6.07, 6.45) is 0. The fraction of sp³-hybridized carbons (Fsp3) is 0.200. The van der Waals surface area contributed by atoms with E-state index in [1.165, 1.54) is 5.56 Å². The van der Waals surface area contributed by atoms with Crippen LogP contribution in [-0.4, -0.2) is 0 Å². The van der Waals surface area contributed by atoms with Gasteiger partial charge in [-0.2, -0.15) is 0 Å². The van der Waals surface area contributed by atoms with Crippen LogP contribution in [0.4, 0.5) is 11.4 Å². The Morgan fingerprint density at radius 1 is 0.958 bits per heavy atom. The van der Waals surface area contributed by atoms with Gasteiger partial charge >= 0.3 is 0 Å². The molecule has 0 unspecified atom stereocenters. The lowest BCUT2D eigenvalue weighted by Crippen LogP contribution is -2.35. The molecule has 122 valence electrons. The van der Waals surface area contributed by atoms with Crippen LogP contribution in [0.3, 0.4) is 0 Å². The Kier molecular flexibility index (Phi) is 4.29. The molecule has 0 amide bonds. The van der Waals surface area contributed by atoms with Gasteiger partial charge in [0.1, 0.15) is 5.69 Å². The van der Waals surface area contributed by atoms with E-state index in [0.29, 0.717) is 27.9 Å². The van der Waals surface area contributed by atoms with Crippen molar-refractivity contribution in [2.75, 3.05) is 5.32 Å². The molecule has 3 aromatic rings. The number of rotatable bonds is 4. The number of hydrogen-bond acceptors (Lipinski definition) is 3. The first-order chi connectivity index (χ1) is 11.4. The first kappa shape index (κ1) is 16.5. The largest absolute Gasteiger partial charge is 0.352 e. The number of halogens is 1. The van der Waals surface area contributed by atoms with E-state index >= 15 is 0 Å². The van der Waals surface area contributed by atoms with Gasteiger partial charge in [-0.25, -0.2) is 0 Å². The average Bonchev–Trinajstić information content (AvgIpc) is 2.57. The summed E-state index contributed by atoms with van der Waals surface area (Å²) in [5.41, 5.74) is 3.42. The molecule has 0 aliphatic rings. The summed E-state index contributed by atoms with van der Waals surface area (Å²) in [4.78, 5) is 24.0. The molecule has 0 aliphatic heterocycles. The van der Waals surface area contributed by atoms with Gasteiger partial charge in [-0.1, -0.05) is 55.8 Å². The van der Waals surface area contributed by atoms with E-state index in [-0.39, 0.29) is 0 Å². The molecule has 0 saturated carbocycles. The highest BCUT2D eigenvalue weighted by molar-refractivity contribution is 6.31. The van der Waals surface area contributed by atoms with Gasteiger partial charge in [-0.15, -0.1) is 0 Å². The minimum Gasteiger partial charge on any atom is -0.352 e. The quantitative estimate of drug-likeness (QED) is 0.696. The monoisotopic (exact) mass is 339 g/mol. The molecule has 0 saturated heterocycles. The Balaban J connectivity index is 1.96. The van der Waals surface area contributed by atoms with E-state index in [1.54, 1.807) is 6.07 Å². The van der Waals surface area contributed by atoms with Gasteiger partial charge in [0.25, 0.3) is 5.43 Å². The van der Waals surface area contributed by atoms with Crippen LogP contribution in [0.25, 0.3) is 11.1 Å². The Morgan fingerprint density at radius 2 is 1.62 bits per heavy atom. The van der Waals surface area contributed by atoms with Crippen molar-refractivity contribution in [3.8, 4) is 11.1 Å². The fourth-order valence-electron chi connectivity index (χ4n) is 2.64. The fourth-order valence-corrected chi connectivity index (χ4v) is 2.82. The molecule has 0 fully saturated rings. The number of nitrogens with one attached hydrogen (secondary N) is 1. The van der Waals surface area contributed by atoms with Gasteiger partial charge in [0.05, 0.1) is 5.56 Å². The third-order valence-electron chi connectivity index (χ3n) is 4.22. The summed E-state index contributed by atoms with van der Waals surface area (Å²) in [6.45, 7) is 6.13. The summed E-state index contributed by atoms with van der Waals surface area (Å²) in [5.74, 6) is 0.416. The second kappa shape index (κ2) is 6.25. The minimum atomic E-state index is -0.491. The first-order valence-electron chi connectivity index (χ1n) is 7.85. The highest BCUT2D eigenvalue weighted by atomic mass is 35.5. The summed E-state index contributed by atoms with van der Waals surface area (Å²) < 4.78 is 0. The number of aryl methyl sites for hydroxylation is 1. The molecule has 24 heavy (non-hydrogen) atoms. The molecule has 4 heteroatoms. The second-order valence-corrected chi connectivity index (χ2v) is 6.68. The van der Waals surface area contributed by atoms with E-state index in [1.807, 2.05) is 43.3 Å². The van der Waals surface area contributed by atoms with Gasteiger partial charge in [-0.05, 0) is 41.7 Å².